The fraction of sp³-hybridized carbons (Fsp3) is 0.531. The number of aromatic amines is 3. The highest BCUT2D eigenvalue weighted by Gasteiger charge is 2.50. The molecule has 1 unspecified atom stereocenters. The zero-order valence-corrected chi connectivity index (χ0v) is 43.8. The minimum Gasteiger partial charge on any atom is -0.469 e. The Kier molecular flexibility index (Phi) is 21.5. The number of aromatic nitrogens is 3. The Morgan fingerprint density at radius 3 is 1.44 bits per heavy atom. The van der Waals surface area contributed by atoms with Crippen LogP contribution < -0.4 is 0 Å². The fourth-order valence-corrected chi connectivity index (χ4v) is 10.1. The maximum Gasteiger partial charge on any atom is 0.310 e. The smallest absolute Gasteiger partial charge is 0.310 e. The summed E-state index contributed by atoms with van der Waals surface area (Å²) in [6.07, 6.45) is 0.663. The minimum atomic E-state index is -1.51. The van der Waals surface area contributed by atoms with Crippen LogP contribution in [-0.4, -0.2) is 142 Å². The molecule has 1 aliphatic rings. The standard InChI is InChI=1S/C49H63IN4O17/c1-27(55)54-26-28(10-14-40(56)64-2)35(21-47(63)71-9)49(54,23-38-30(11-15-41(57)65-3)29(25-51-38)18-44(60)68-6)24-39-33(19-45(61)69-7)31(12-16-42(58)66-4)36(52-39)22-37-34(20-46(62)70-8)32(48(50)53-37)13-17-43(59)67-5/h25,51-53H,10-24,26H2,1-9H3. The van der Waals surface area contributed by atoms with Gasteiger partial charge in [0.15, 0.2) is 0 Å². The summed E-state index contributed by atoms with van der Waals surface area (Å²) in [5.41, 5.74) is 4.77. The first-order valence-electron chi connectivity index (χ1n) is 22.6. The molecule has 71 heavy (non-hydrogen) atoms. The summed E-state index contributed by atoms with van der Waals surface area (Å²) in [5.74, 6) is -4.87. The van der Waals surface area contributed by atoms with Crippen LogP contribution in [-0.2, 0) is 139 Å². The van der Waals surface area contributed by atoms with Gasteiger partial charge in [-0.15, -0.1) is 0 Å². The molecule has 0 aromatic carbocycles. The van der Waals surface area contributed by atoms with Crippen LogP contribution in [0.3, 0.4) is 0 Å². The van der Waals surface area contributed by atoms with E-state index < -0.39 is 59.2 Å². The minimum absolute atomic E-state index is 0.0193. The van der Waals surface area contributed by atoms with Crippen molar-refractivity contribution in [1.29, 1.82) is 0 Å². The summed E-state index contributed by atoms with van der Waals surface area (Å²) < 4.78 is 41.1. The number of hydrogen-bond donors (Lipinski definition) is 3. The molecule has 1 atom stereocenters. The quantitative estimate of drug-likeness (QED) is 0.0449. The van der Waals surface area contributed by atoms with Crippen molar-refractivity contribution in [2.45, 2.75) is 109 Å². The van der Waals surface area contributed by atoms with E-state index in [1.807, 2.05) is 0 Å². The Hall–Kier alpha value is -6.46. The van der Waals surface area contributed by atoms with Gasteiger partial charge in [0.1, 0.15) is 0 Å². The summed E-state index contributed by atoms with van der Waals surface area (Å²) >= 11 is 2.09. The molecular weight excluding hydrogens is 1040 g/mol. The summed E-state index contributed by atoms with van der Waals surface area (Å²) in [7, 11) is 10.00. The molecule has 0 spiro atoms. The molecular formula is C49H63IN4O17. The Balaban J connectivity index is 2.14. The predicted molar refractivity (Wildman–Crippen MR) is 259 cm³/mol. The Bertz CT molecular complexity index is 2520. The number of rotatable bonds is 26. The molecule has 0 saturated carbocycles. The van der Waals surface area contributed by atoms with Crippen molar-refractivity contribution in [3.63, 3.8) is 0 Å². The topological polar surface area (TPSA) is 278 Å². The summed E-state index contributed by atoms with van der Waals surface area (Å²) in [6.45, 7) is 1.33. The number of esters is 8. The zero-order valence-electron chi connectivity index (χ0n) is 41.7. The highest BCUT2D eigenvalue weighted by Crippen LogP contribution is 2.45. The van der Waals surface area contributed by atoms with Crippen molar-refractivity contribution in [2.24, 2.45) is 0 Å². The van der Waals surface area contributed by atoms with Gasteiger partial charge in [-0.2, -0.15) is 0 Å². The number of carbonyl (C=O) groups is 9. The number of carbonyl (C=O) groups excluding carboxylic acids is 9. The number of amides is 1. The third-order valence-electron chi connectivity index (χ3n) is 12.8. The second-order valence-electron chi connectivity index (χ2n) is 16.8. The average molecular weight is 1110 g/mol. The largest absolute Gasteiger partial charge is 0.469 e. The lowest BCUT2D eigenvalue weighted by Crippen LogP contribution is -2.53. The molecule has 22 heteroatoms. The first-order chi connectivity index (χ1) is 33.8. The monoisotopic (exact) mass is 1110 g/mol. The molecule has 4 rings (SSSR count). The van der Waals surface area contributed by atoms with Crippen molar-refractivity contribution >= 4 is 76.3 Å². The molecule has 3 aromatic rings. The SMILES string of the molecule is COC(=O)CCC1=C(CC(=O)OC)C(Cc2[nH]cc(CC(=O)OC)c2CCC(=O)OC)(Cc2[nH]c(Cc3[nH]c(I)c(CCC(=O)OC)c3CC(=O)OC)c(CCC(=O)OC)c2CC(=O)OC)N(C(C)=O)C1. The predicted octanol–water partition coefficient (Wildman–Crippen LogP) is 3.53. The van der Waals surface area contributed by atoms with Crippen LogP contribution in [0.4, 0.5) is 0 Å². The maximum atomic E-state index is 14.3. The number of nitrogens with one attached hydrogen (secondary N) is 3. The normalized spacial score (nSPS) is 14.2. The fourth-order valence-electron chi connectivity index (χ4n) is 9.22. The Labute approximate surface area is 424 Å². The third-order valence-corrected chi connectivity index (χ3v) is 13.8. The van der Waals surface area contributed by atoms with Gasteiger partial charge in [0, 0.05) is 87.4 Å². The van der Waals surface area contributed by atoms with Crippen LogP contribution >= 0.6 is 22.6 Å². The van der Waals surface area contributed by atoms with Crippen LogP contribution in [0.5, 0.6) is 0 Å². The van der Waals surface area contributed by atoms with Gasteiger partial charge >= 0.3 is 47.8 Å². The van der Waals surface area contributed by atoms with E-state index in [4.69, 9.17) is 37.9 Å². The van der Waals surface area contributed by atoms with Crippen LogP contribution in [0.15, 0.2) is 17.3 Å². The average Bonchev–Trinajstić information content (AvgIpc) is 4.06. The van der Waals surface area contributed by atoms with E-state index in [-0.39, 0.29) is 103 Å². The molecule has 0 bridgehead atoms. The van der Waals surface area contributed by atoms with Crippen molar-refractivity contribution in [1.82, 2.24) is 19.9 Å². The number of nitrogens with zero attached hydrogens (tertiary/aromatic N) is 1. The molecule has 0 fully saturated rings. The van der Waals surface area contributed by atoms with Gasteiger partial charge in [-0.3, -0.25) is 43.2 Å². The van der Waals surface area contributed by atoms with Gasteiger partial charge in [-0.05, 0) is 92.8 Å². The van der Waals surface area contributed by atoms with Crippen molar-refractivity contribution in [3.05, 3.63) is 77.2 Å². The first kappa shape index (κ1) is 57.1. The lowest BCUT2D eigenvalue weighted by molar-refractivity contribution is -0.141. The molecule has 0 saturated heterocycles. The van der Waals surface area contributed by atoms with Crippen molar-refractivity contribution in [2.75, 3.05) is 63.4 Å². The third kappa shape index (κ3) is 14.6. The molecule has 1 amide bonds. The van der Waals surface area contributed by atoms with Crippen molar-refractivity contribution < 1.29 is 81.0 Å². The highest BCUT2D eigenvalue weighted by molar-refractivity contribution is 14.1. The van der Waals surface area contributed by atoms with E-state index in [0.29, 0.717) is 71.0 Å². The van der Waals surface area contributed by atoms with Crippen LogP contribution in [0, 0.1) is 3.70 Å². The van der Waals surface area contributed by atoms with E-state index in [1.54, 1.807) is 11.1 Å². The van der Waals surface area contributed by atoms with E-state index in [0.717, 1.165) is 0 Å². The second-order valence-corrected chi connectivity index (χ2v) is 17.8. The molecule has 3 aromatic heterocycles. The molecule has 21 nitrogen and oxygen atoms in total. The number of methoxy groups -OCH3 is 8. The highest BCUT2D eigenvalue weighted by atomic mass is 127. The molecule has 1 aliphatic heterocycles. The molecule has 4 heterocycles. The van der Waals surface area contributed by atoms with Gasteiger partial charge in [0.2, 0.25) is 5.91 Å². The molecule has 3 N–H and O–H groups in total. The molecule has 388 valence electrons. The Morgan fingerprint density at radius 2 is 0.930 bits per heavy atom. The van der Waals surface area contributed by atoms with E-state index in [2.05, 4.69) is 37.5 Å². The van der Waals surface area contributed by atoms with Gasteiger partial charge in [-0.25, -0.2) is 0 Å². The number of H-pyrrole nitrogens is 3. The van der Waals surface area contributed by atoms with E-state index >= 15 is 0 Å². The summed E-state index contributed by atoms with van der Waals surface area (Å²) in [4.78, 5) is 129. The molecule has 0 radical (unpaired) electrons. The number of hydrogen-bond acceptors (Lipinski definition) is 17. The Morgan fingerprint density at radius 1 is 0.507 bits per heavy atom. The molecule has 0 aliphatic carbocycles. The van der Waals surface area contributed by atoms with Gasteiger partial charge in [-0.1, -0.05) is 0 Å². The second kappa shape index (κ2) is 26.7. The van der Waals surface area contributed by atoms with Gasteiger partial charge < -0.3 is 57.7 Å². The number of ether oxygens (including phenoxy) is 8. The van der Waals surface area contributed by atoms with E-state index in [1.165, 1.54) is 63.8 Å². The first-order valence-corrected chi connectivity index (χ1v) is 23.7. The summed E-state index contributed by atoms with van der Waals surface area (Å²) in [6, 6.07) is 0. The van der Waals surface area contributed by atoms with Gasteiger partial charge in [0.05, 0.1) is 91.8 Å². The van der Waals surface area contributed by atoms with Crippen LogP contribution in [0.1, 0.15) is 102 Å². The zero-order chi connectivity index (χ0) is 52.6. The number of halogens is 1. The lowest BCUT2D eigenvalue weighted by atomic mass is 9.76. The maximum absolute atomic E-state index is 14.3. The van der Waals surface area contributed by atoms with Crippen molar-refractivity contribution in [3.8, 4) is 0 Å². The lowest BCUT2D eigenvalue weighted by Gasteiger charge is -2.41. The van der Waals surface area contributed by atoms with Crippen LogP contribution in [0.2, 0.25) is 0 Å². The van der Waals surface area contributed by atoms with Crippen LogP contribution in [0.25, 0.3) is 0 Å². The van der Waals surface area contributed by atoms with Gasteiger partial charge in [0.25, 0.3) is 0 Å². The van der Waals surface area contributed by atoms with E-state index in [9.17, 15) is 43.2 Å². The summed E-state index contributed by atoms with van der Waals surface area (Å²) in [5, 5.41) is 0.